The minimum Gasteiger partial charge on any atom is -0.389 e. The zero-order valence-electron chi connectivity index (χ0n) is 10.5. The van der Waals surface area contributed by atoms with Crippen molar-refractivity contribution in [2.75, 3.05) is 6.54 Å². The van der Waals surface area contributed by atoms with Gasteiger partial charge in [-0.25, -0.2) is 0 Å². The molecule has 2 fully saturated rings. The van der Waals surface area contributed by atoms with E-state index in [2.05, 4.69) is 11.4 Å². The molecule has 18 heavy (non-hydrogen) atoms. The smallest absolute Gasteiger partial charge is 0.0706 e. The van der Waals surface area contributed by atoms with Gasteiger partial charge >= 0.3 is 0 Å². The molecular weight excluding hydrogens is 246 g/mol. The van der Waals surface area contributed by atoms with Crippen molar-refractivity contribution in [1.82, 2.24) is 5.32 Å². The van der Waals surface area contributed by atoms with Crippen molar-refractivity contribution in [1.29, 1.82) is 0 Å². The van der Waals surface area contributed by atoms with E-state index in [-0.39, 0.29) is 6.04 Å². The summed E-state index contributed by atoms with van der Waals surface area (Å²) in [7, 11) is 0. The van der Waals surface area contributed by atoms with Crippen LogP contribution in [0.15, 0.2) is 24.3 Å². The van der Waals surface area contributed by atoms with Gasteiger partial charge in [0.15, 0.2) is 0 Å². The topological polar surface area (TPSA) is 32.3 Å². The first kappa shape index (κ1) is 12.5. The highest BCUT2D eigenvalue weighted by atomic mass is 35.5. The van der Waals surface area contributed by atoms with E-state index in [4.69, 9.17) is 11.6 Å². The Balaban J connectivity index is 1.91. The maximum atomic E-state index is 10.8. The van der Waals surface area contributed by atoms with E-state index >= 15 is 0 Å². The van der Waals surface area contributed by atoms with Crippen molar-refractivity contribution in [2.45, 2.75) is 43.7 Å². The van der Waals surface area contributed by atoms with Gasteiger partial charge < -0.3 is 10.4 Å². The molecule has 0 radical (unpaired) electrons. The standard InChI is InChI=1S/C15H20ClNO/c16-12-5-3-4-11(10-12)14-13-6-1-2-7-15(13,18)8-9-17-14/h3-5,10,13-14,17-18H,1-2,6-9H2/t13-,14+,15-/m1/s1. The minimum absolute atomic E-state index is 0.253. The summed E-state index contributed by atoms with van der Waals surface area (Å²) in [6, 6.07) is 8.29. The molecule has 3 atom stereocenters. The van der Waals surface area contributed by atoms with Crippen LogP contribution in [0.4, 0.5) is 0 Å². The quantitative estimate of drug-likeness (QED) is 0.817. The summed E-state index contributed by atoms with van der Waals surface area (Å²) in [5.41, 5.74) is 0.753. The predicted octanol–water partition coefficient (Wildman–Crippen LogP) is 3.30. The van der Waals surface area contributed by atoms with Crippen molar-refractivity contribution < 1.29 is 5.11 Å². The van der Waals surface area contributed by atoms with Gasteiger partial charge in [-0.1, -0.05) is 36.6 Å². The lowest BCUT2D eigenvalue weighted by Gasteiger charge is -2.48. The van der Waals surface area contributed by atoms with Gasteiger partial charge in [-0.2, -0.15) is 0 Å². The van der Waals surface area contributed by atoms with Crippen LogP contribution < -0.4 is 5.32 Å². The van der Waals surface area contributed by atoms with Crippen molar-refractivity contribution >= 4 is 11.6 Å². The van der Waals surface area contributed by atoms with Gasteiger partial charge in [-0.3, -0.25) is 0 Å². The zero-order chi connectivity index (χ0) is 12.6. The number of benzene rings is 1. The minimum atomic E-state index is -0.462. The van der Waals surface area contributed by atoms with E-state index in [1.165, 1.54) is 12.0 Å². The largest absolute Gasteiger partial charge is 0.389 e. The average Bonchev–Trinajstić information content (AvgIpc) is 2.37. The summed E-state index contributed by atoms with van der Waals surface area (Å²) >= 11 is 6.08. The third-order valence-corrected chi connectivity index (χ3v) is 4.83. The molecule has 0 aromatic heterocycles. The monoisotopic (exact) mass is 265 g/mol. The van der Waals surface area contributed by atoms with Crippen LogP contribution in [0.5, 0.6) is 0 Å². The molecule has 1 heterocycles. The average molecular weight is 266 g/mol. The molecule has 3 heteroatoms. The molecule has 1 saturated carbocycles. The van der Waals surface area contributed by atoms with Gasteiger partial charge in [0.25, 0.3) is 0 Å². The Hall–Kier alpha value is -0.570. The maximum Gasteiger partial charge on any atom is 0.0706 e. The Labute approximate surface area is 113 Å². The van der Waals surface area contributed by atoms with Crippen molar-refractivity contribution in [3.63, 3.8) is 0 Å². The molecule has 0 spiro atoms. The first-order chi connectivity index (χ1) is 8.69. The third kappa shape index (κ3) is 2.18. The zero-order valence-corrected chi connectivity index (χ0v) is 11.3. The second kappa shape index (κ2) is 4.84. The lowest BCUT2D eigenvalue weighted by atomic mass is 9.67. The van der Waals surface area contributed by atoms with E-state index in [0.717, 1.165) is 37.3 Å². The van der Waals surface area contributed by atoms with E-state index in [1.54, 1.807) is 0 Å². The number of fused-ring (bicyclic) bond motifs is 1. The van der Waals surface area contributed by atoms with Crippen LogP contribution in [0.1, 0.15) is 43.7 Å². The van der Waals surface area contributed by atoms with Crippen LogP contribution in [0.25, 0.3) is 0 Å². The fourth-order valence-corrected chi connectivity index (χ4v) is 3.87. The molecule has 1 aromatic rings. The Kier molecular flexibility index (Phi) is 3.35. The fraction of sp³-hybridized carbons (Fsp3) is 0.600. The number of hydrogen-bond donors (Lipinski definition) is 2. The van der Waals surface area contributed by atoms with Gasteiger partial charge in [0, 0.05) is 17.0 Å². The molecule has 1 aromatic carbocycles. The van der Waals surface area contributed by atoms with E-state index in [0.29, 0.717) is 5.92 Å². The van der Waals surface area contributed by atoms with Crippen LogP contribution in [-0.4, -0.2) is 17.3 Å². The Bertz CT molecular complexity index is 432. The molecule has 1 saturated heterocycles. The number of rotatable bonds is 1. The van der Waals surface area contributed by atoms with Crippen LogP contribution in [-0.2, 0) is 0 Å². The first-order valence-corrected chi connectivity index (χ1v) is 7.28. The number of hydrogen-bond acceptors (Lipinski definition) is 2. The number of halogens is 1. The van der Waals surface area contributed by atoms with Gasteiger partial charge in [-0.05, 0) is 43.5 Å². The molecule has 0 bridgehead atoms. The normalized spacial score (nSPS) is 36.1. The van der Waals surface area contributed by atoms with Crippen LogP contribution in [0.2, 0.25) is 5.02 Å². The highest BCUT2D eigenvalue weighted by Gasteiger charge is 2.45. The second-order valence-corrected chi connectivity index (χ2v) is 6.13. The third-order valence-electron chi connectivity index (χ3n) is 4.60. The van der Waals surface area contributed by atoms with Crippen LogP contribution in [0.3, 0.4) is 0 Å². The van der Waals surface area contributed by atoms with E-state index in [1.807, 2.05) is 18.2 Å². The Morgan fingerprint density at radius 2 is 2.17 bits per heavy atom. The van der Waals surface area contributed by atoms with Gasteiger partial charge in [0.2, 0.25) is 0 Å². The summed E-state index contributed by atoms with van der Waals surface area (Å²) in [5.74, 6) is 0.332. The summed E-state index contributed by atoms with van der Waals surface area (Å²) in [6.45, 7) is 0.893. The Morgan fingerprint density at radius 1 is 1.28 bits per heavy atom. The van der Waals surface area contributed by atoms with Gasteiger partial charge in [0.05, 0.1) is 5.60 Å². The molecule has 0 amide bonds. The summed E-state index contributed by atoms with van der Waals surface area (Å²) in [5, 5.41) is 15.2. The van der Waals surface area contributed by atoms with Crippen LogP contribution >= 0.6 is 11.6 Å². The molecule has 2 nitrogen and oxygen atoms in total. The van der Waals surface area contributed by atoms with Crippen molar-refractivity contribution in [2.24, 2.45) is 5.92 Å². The number of aliphatic hydroxyl groups is 1. The second-order valence-electron chi connectivity index (χ2n) is 5.69. The molecule has 1 aliphatic carbocycles. The summed E-state index contributed by atoms with van der Waals surface area (Å²) in [6.07, 6.45) is 5.34. The predicted molar refractivity (Wildman–Crippen MR) is 73.7 cm³/mol. The fourth-order valence-electron chi connectivity index (χ4n) is 3.67. The molecule has 1 aliphatic heterocycles. The molecule has 2 N–H and O–H groups in total. The van der Waals surface area contributed by atoms with E-state index in [9.17, 15) is 5.11 Å². The SMILES string of the molecule is O[C@@]12CCCC[C@@H]1[C@H](c1cccc(Cl)c1)NCC2. The van der Waals surface area contributed by atoms with Crippen LogP contribution in [0, 0.1) is 5.92 Å². The number of nitrogens with one attached hydrogen (secondary N) is 1. The van der Waals surface area contributed by atoms with Crippen molar-refractivity contribution in [3.8, 4) is 0 Å². The van der Waals surface area contributed by atoms with Gasteiger partial charge in [0.1, 0.15) is 0 Å². The lowest BCUT2D eigenvalue weighted by molar-refractivity contribution is -0.0861. The molecule has 2 aliphatic rings. The Morgan fingerprint density at radius 3 is 3.00 bits per heavy atom. The van der Waals surface area contributed by atoms with E-state index < -0.39 is 5.60 Å². The highest BCUT2D eigenvalue weighted by Crippen LogP contribution is 2.45. The highest BCUT2D eigenvalue weighted by molar-refractivity contribution is 6.30. The first-order valence-electron chi connectivity index (χ1n) is 6.90. The lowest BCUT2D eigenvalue weighted by Crippen LogP contribution is -2.53. The molecular formula is C15H20ClNO. The van der Waals surface area contributed by atoms with Crippen molar-refractivity contribution in [3.05, 3.63) is 34.9 Å². The number of piperidine rings is 1. The molecule has 0 unspecified atom stereocenters. The van der Waals surface area contributed by atoms with Gasteiger partial charge in [-0.15, -0.1) is 0 Å². The summed E-state index contributed by atoms with van der Waals surface area (Å²) < 4.78 is 0. The molecule has 98 valence electrons. The maximum absolute atomic E-state index is 10.8. The molecule has 3 rings (SSSR count). The summed E-state index contributed by atoms with van der Waals surface area (Å²) in [4.78, 5) is 0.